The first-order valence-electron chi connectivity index (χ1n) is 7.78. The molecule has 24 heavy (non-hydrogen) atoms. The fourth-order valence-electron chi connectivity index (χ4n) is 2.20. The van der Waals surface area contributed by atoms with Crippen molar-refractivity contribution in [1.82, 2.24) is 10.3 Å². The van der Waals surface area contributed by atoms with Gasteiger partial charge in [0.2, 0.25) is 0 Å². The number of nitrogens with one attached hydrogen (secondary N) is 1. The monoisotopic (exact) mass is 328 g/mol. The Kier molecular flexibility index (Phi) is 6.42. The van der Waals surface area contributed by atoms with E-state index in [-0.39, 0.29) is 0 Å². The SMILES string of the molecule is COc1ccc(CCNC(N)=NCc2ccc(C)nc2)cc1OC. The van der Waals surface area contributed by atoms with E-state index in [0.717, 1.165) is 34.7 Å². The van der Waals surface area contributed by atoms with Crippen molar-refractivity contribution in [3.8, 4) is 11.5 Å². The molecular weight excluding hydrogens is 304 g/mol. The van der Waals surface area contributed by atoms with Crippen molar-refractivity contribution < 1.29 is 9.47 Å². The van der Waals surface area contributed by atoms with E-state index < -0.39 is 0 Å². The topological polar surface area (TPSA) is 81.8 Å². The Hall–Kier alpha value is -2.76. The fourth-order valence-corrected chi connectivity index (χ4v) is 2.20. The van der Waals surface area contributed by atoms with E-state index in [9.17, 15) is 0 Å². The van der Waals surface area contributed by atoms with Crippen LogP contribution in [0.1, 0.15) is 16.8 Å². The zero-order valence-corrected chi connectivity index (χ0v) is 14.4. The molecule has 0 radical (unpaired) electrons. The lowest BCUT2D eigenvalue weighted by Gasteiger charge is -2.10. The minimum absolute atomic E-state index is 0.427. The average Bonchev–Trinajstić information content (AvgIpc) is 2.61. The van der Waals surface area contributed by atoms with Crippen molar-refractivity contribution in [3.05, 3.63) is 53.3 Å². The number of aryl methyl sites for hydroxylation is 1. The second kappa shape index (κ2) is 8.76. The maximum absolute atomic E-state index is 5.89. The van der Waals surface area contributed by atoms with Gasteiger partial charge in [-0.25, -0.2) is 4.99 Å². The highest BCUT2D eigenvalue weighted by Gasteiger charge is 2.04. The molecule has 3 N–H and O–H groups in total. The third-order valence-electron chi connectivity index (χ3n) is 3.57. The number of guanidine groups is 1. The van der Waals surface area contributed by atoms with Crippen molar-refractivity contribution in [3.63, 3.8) is 0 Å². The van der Waals surface area contributed by atoms with Crippen LogP contribution in [0, 0.1) is 6.92 Å². The number of nitrogens with zero attached hydrogens (tertiary/aromatic N) is 2. The number of ether oxygens (including phenoxy) is 2. The Morgan fingerprint density at radius 1 is 1.12 bits per heavy atom. The Morgan fingerprint density at radius 2 is 1.88 bits per heavy atom. The summed E-state index contributed by atoms with van der Waals surface area (Å²) in [7, 11) is 3.25. The highest BCUT2D eigenvalue weighted by molar-refractivity contribution is 5.77. The molecule has 128 valence electrons. The van der Waals surface area contributed by atoms with Crippen LogP contribution in [0.2, 0.25) is 0 Å². The first-order chi connectivity index (χ1) is 11.6. The maximum Gasteiger partial charge on any atom is 0.188 e. The summed E-state index contributed by atoms with van der Waals surface area (Å²) < 4.78 is 10.5. The molecular formula is C18H24N4O2. The van der Waals surface area contributed by atoms with Gasteiger partial charge in [0, 0.05) is 18.4 Å². The van der Waals surface area contributed by atoms with Crippen molar-refractivity contribution in [1.29, 1.82) is 0 Å². The van der Waals surface area contributed by atoms with E-state index in [0.29, 0.717) is 19.0 Å². The predicted octanol–water partition coefficient (Wildman–Crippen LogP) is 2.05. The van der Waals surface area contributed by atoms with Gasteiger partial charge in [-0.1, -0.05) is 12.1 Å². The quantitative estimate of drug-likeness (QED) is 0.600. The second-order valence-electron chi connectivity index (χ2n) is 5.38. The minimum atomic E-state index is 0.427. The number of aromatic nitrogens is 1. The number of pyridine rings is 1. The van der Waals surface area contributed by atoms with Crippen LogP contribution in [-0.2, 0) is 13.0 Å². The van der Waals surface area contributed by atoms with Crippen molar-refractivity contribution >= 4 is 5.96 Å². The van der Waals surface area contributed by atoms with Gasteiger partial charge in [0.25, 0.3) is 0 Å². The van der Waals surface area contributed by atoms with Gasteiger partial charge in [0.05, 0.1) is 20.8 Å². The Labute approximate surface area is 142 Å². The van der Waals surface area contributed by atoms with Gasteiger partial charge in [-0.3, -0.25) is 4.98 Å². The zero-order chi connectivity index (χ0) is 17.4. The lowest BCUT2D eigenvalue weighted by molar-refractivity contribution is 0.354. The molecule has 0 aliphatic rings. The van der Waals surface area contributed by atoms with E-state index in [4.69, 9.17) is 15.2 Å². The molecule has 1 aromatic heterocycles. The fraction of sp³-hybridized carbons (Fsp3) is 0.333. The van der Waals surface area contributed by atoms with Crippen LogP contribution in [0.15, 0.2) is 41.5 Å². The first-order valence-corrected chi connectivity index (χ1v) is 7.78. The van der Waals surface area contributed by atoms with E-state index in [1.165, 1.54) is 0 Å². The molecule has 6 nitrogen and oxygen atoms in total. The minimum Gasteiger partial charge on any atom is -0.493 e. The molecule has 6 heteroatoms. The molecule has 2 aromatic rings. The molecule has 1 heterocycles. The van der Waals surface area contributed by atoms with Crippen LogP contribution in [0.25, 0.3) is 0 Å². The van der Waals surface area contributed by atoms with Gasteiger partial charge in [0.15, 0.2) is 17.5 Å². The van der Waals surface area contributed by atoms with E-state index in [2.05, 4.69) is 15.3 Å². The Bertz CT molecular complexity index is 684. The summed E-state index contributed by atoms with van der Waals surface area (Å²) in [6, 6.07) is 9.84. The molecule has 0 saturated heterocycles. The van der Waals surface area contributed by atoms with Gasteiger partial charge in [0.1, 0.15) is 0 Å². The third kappa shape index (κ3) is 5.15. The number of benzene rings is 1. The lowest BCUT2D eigenvalue weighted by Crippen LogP contribution is -2.33. The average molecular weight is 328 g/mol. The smallest absolute Gasteiger partial charge is 0.188 e. The van der Waals surface area contributed by atoms with Crippen LogP contribution in [0.4, 0.5) is 0 Å². The zero-order valence-electron chi connectivity index (χ0n) is 14.4. The predicted molar refractivity (Wildman–Crippen MR) is 95.6 cm³/mol. The summed E-state index contributed by atoms with van der Waals surface area (Å²) >= 11 is 0. The normalized spacial score (nSPS) is 11.2. The number of nitrogens with two attached hydrogens (primary N) is 1. The highest BCUT2D eigenvalue weighted by Crippen LogP contribution is 2.27. The largest absolute Gasteiger partial charge is 0.493 e. The third-order valence-corrected chi connectivity index (χ3v) is 3.57. The van der Waals surface area contributed by atoms with Gasteiger partial charge < -0.3 is 20.5 Å². The van der Waals surface area contributed by atoms with Crippen LogP contribution in [0.5, 0.6) is 11.5 Å². The molecule has 0 atom stereocenters. The van der Waals surface area contributed by atoms with Crippen LogP contribution >= 0.6 is 0 Å². The summed E-state index contributed by atoms with van der Waals surface area (Å²) in [5.41, 5.74) is 9.05. The molecule has 2 rings (SSSR count). The Morgan fingerprint density at radius 3 is 2.54 bits per heavy atom. The van der Waals surface area contributed by atoms with Gasteiger partial charge >= 0.3 is 0 Å². The molecule has 0 fully saturated rings. The molecule has 1 aromatic carbocycles. The molecule has 0 unspecified atom stereocenters. The second-order valence-corrected chi connectivity index (χ2v) is 5.38. The molecule has 0 bridgehead atoms. The van der Waals surface area contributed by atoms with Gasteiger partial charge in [-0.15, -0.1) is 0 Å². The van der Waals surface area contributed by atoms with Crippen LogP contribution < -0.4 is 20.5 Å². The number of aliphatic imine (C=N–C) groups is 1. The van der Waals surface area contributed by atoms with Gasteiger partial charge in [-0.2, -0.15) is 0 Å². The summed E-state index contributed by atoms with van der Waals surface area (Å²) in [6.07, 6.45) is 2.62. The Balaban J connectivity index is 1.82. The maximum atomic E-state index is 5.89. The van der Waals surface area contributed by atoms with E-state index >= 15 is 0 Å². The number of hydrogen-bond donors (Lipinski definition) is 2. The molecule has 0 spiro atoms. The summed E-state index contributed by atoms with van der Waals surface area (Å²) in [5, 5.41) is 3.11. The van der Waals surface area contributed by atoms with Crippen molar-refractivity contribution in [2.45, 2.75) is 19.9 Å². The summed E-state index contributed by atoms with van der Waals surface area (Å²) in [6.45, 7) is 3.16. The first kappa shape index (κ1) is 17.6. The molecule has 0 aliphatic heterocycles. The molecule has 0 aliphatic carbocycles. The van der Waals surface area contributed by atoms with E-state index in [1.54, 1.807) is 14.2 Å². The van der Waals surface area contributed by atoms with E-state index in [1.807, 2.05) is 43.5 Å². The van der Waals surface area contributed by atoms with Crippen LogP contribution in [-0.4, -0.2) is 31.7 Å². The number of rotatable bonds is 7. The highest BCUT2D eigenvalue weighted by atomic mass is 16.5. The summed E-state index contributed by atoms with van der Waals surface area (Å²) in [4.78, 5) is 8.55. The number of hydrogen-bond acceptors (Lipinski definition) is 4. The molecule has 0 amide bonds. The number of methoxy groups -OCH3 is 2. The standard InChI is InChI=1S/C18H24N4O2/c1-13-4-5-15(11-21-13)12-22-18(19)20-9-8-14-6-7-16(23-2)17(10-14)24-3/h4-7,10-11H,8-9,12H2,1-3H3,(H3,19,20,22). The van der Waals surface area contributed by atoms with Gasteiger partial charge in [-0.05, 0) is 42.7 Å². The lowest BCUT2D eigenvalue weighted by atomic mass is 10.1. The molecule has 0 saturated carbocycles. The summed E-state index contributed by atoms with van der Waals surface area (Å²) in [5.74, 6) is 1.88. The van der Waals surface area contributed by atoms with Crippen LogP contribution in [0.3, 0.4) is 0 Å². The van der Waals surface area contributed by atoms with Crippen molar-refractivity contribution in [2.24, 2.45) is 10.7 Å². The van der Waals surface area contributed by atoms with Crippen molar-refractivity contribution in [2.75, 3.05) is 20.8 Å².